The predicted octanol–water partition coefficient (Wildman–Crippen LogP) is 4.67. The Morgan fingerprint density at radius 3 is 2.45 bits per heavy atom. The summed E-state index contributed by atoms with van der Waals surface area (Å²) in [6, 6.07) is 18.4. The lowest BCUT2D eigenvalue weighted by Crippen LogP contribution is -2.20. The van der Waals surface area contributed by atoms with Gasteiger partial charge in [-0.2, -0.15) is 0 Å². The summed E-state index contributed by atoms with van der Waals surface area (Å²) in [5.74, 6) is 0.770. The first-order valence-corrected chi connectivity index (χ1v) is 10.7. The van der Waals surface area contributed by atoms with Crippen molar-refractivity contribution in [1.29, 1.82) is 0 Å². The Morgan fingerprint density at radius 1 is 1.10 bits per heavy atom. The van der Waals surface area contributed by atoms with Gasteiger partial charge in [0.25, 0.3) is 0 Å². The second-order valence-electron chi connectivity index (χ2n) is 8.00. The number of ether oxygens (including phenoxy) is 1. The van der Waals surface area contributed by atoms with E-state index in [0.29, 0.717) is 22.6 Å². The van der Waals surface area contributed by atoms with Crippen molar-refractivity contribution < 1.29 is 4.74 Å². The maximum atomic E-state index is 13.4. The molecule has 0 saturated carbocycles. The van der Waals surface area contributed by atoms with Crippen LogP contribution in [0.1, 0.15) is 18.1 Å². The maximum absolute atomic E-state index is 13.4. The highest BCUT2D eigenvalue weighted by molar-refractivity contribution is 5.84. The van der Waals surface area contributed by atoms with Gasteiger partial charge in [-0.3, -0.25) is 4.79 Å². The first kappa shape index (κ1) is 19.4. The van der Waals surface area contributed by atoms with Crippen LogP contribution in [0.4, 0.5) is 5.69 Å². The van der Waals surface area contributed by atoms with Gasteiger partial charge in [0.2, 0.25) is 0 Å². The fourth-order valence-corrected chi connectivity index (χ4v) is 4.47. The molecule has 5 heteroatoms. The summed E-state index contributed by atoms with van der Waals surface area (Å²) in [4.78, 5) is 18.1. The second-order valence-corrected chi connectivity index (χ2v) is 8.00. The van der Waals surface area contributed by atoms with Crippen LogP contribution in [0.2, 0.25) is 0 Å². The molecular formula is C26H25N3O2. The molecule has 0 bridgehead atoms. The van der Waals surface area contributed by atoms with E-state index in [-0.39, 0.29) is 5.43 Å². The Hall–Kier alpha value is -3.60. The minimum absolute atomic E-state index is 0.00396. The molecule has 1 aliphatic rings. The number of anilines is 1. The topological polar surface area (TPSA) is 56.1 Å². The van der Waals surface area contributed by atoms with E-state index >= 15 is 0 Å². The number of rotatable bonds is 5. The predicted molar refractivity (Wildman–Crippen MR) is 125 cm³/mol. The van der Waals surface area contributed by atoms with E-state index in [1.54, 1.807) is 7.11 Å². The van der Waals surface area contributed by atoms with E-state index in [2.05, 4.69) is 41.5 Å². The van der Waals surface area contributed by atoms with Crippen LogP contribution in [0.15, 0.2) is 71.8 Å². The third-order valence-corrected chi connectivity index (χ3v) is 6.08. The Bertz CT molecular complexity index is 1280. The molecule has 0 radical (unpaired) electrons. The molecule has 0 amide bonds. The van der Waals surface area contributed by atoms with Gasteiger partial charge in [-0.15, -0.1) is 0 Å². The van der Waals surface area contributed by atoms with E-state index in [1.165, 1.54) is 11.1 Å². The maximum Gasteiger partial charge on any atom is 0.198 e. The van der Waals surface area contributed by atoms with Crippen LogP contribution in [0.5, 0.6) is 5.75 Å². The van der Waals surface area contributed by atoms with Crippen molar-refractivity contribution in [3.05, 3.63) is 88.3 Å². The van der Waals surface area contributed by atoms with Gasteiger partial charge in [0.05, 0.1) is 24.4 Å². The molecule has 2 aromatic heterocycles. The molecular weight excluding hydrogens is 386 g/mol. The van der Waals surface area contributed by atoms with Gasteiger partial charge in [-0.25, -0.2) is 4.98 Å². The number of aromatic nitrogens is 2. The van der Waals surface area contributed by atoms with Crippen molar-refractivity contribution in [3.8, 4) is 16.9 Å². The highest BCUT2D eigenvalue weighted by Crippen LogP contribution is 2.26. The Balaban J connectivity index is 1.52. The lowest BCUT2D eigenvalue weighted by atomic mass is 10.0. The number of methoxy groups -OCH3 is 1. The van der Waals surface area contributed by atoms with Crippen molar-refractivity contribution in [1.82, 2.24) is 9.55 Å². The summed E-state index contributed by atoms with van der Waals surface area (Å²) in [7, 11) is 1.64. The van der Waals surface area contributed by atoms with Crippen molar-refractivity contribution in [2.45, 2.75) is 32.4 Å². The van der Waals surface area contributed by atoms with Crippen molar-refractivity contribution in [2.75, 3.05) is 12.4 Å². The lowest BCUT2D eigenvalue weighted by molar-refractivity contribution is 0.415. The summed E-state index contributed by atoms with van der Waals surface area (Å²) < 4.78 is 7.28. The number of nitrogens with one attached hydrogen (secondary N) is 1. The summed E-state index contributed by atoms with van der Waals surface area (Å²) in [5.41, 5.74) is 5.93. The minimum Gasteiger partial charge on any atom is -0.497 e. The minimum atomic E-state index is -0.00396. The molecule has 2 aromatic carbocycles. The van der Waals surface area contributed by atoms with E-state index in [4.69, 9.17) is 4.74 Å². The zero-order valence-corrected chi connectivity index (χ0v) is 17.8. The number of benzene rings is 2. The summed E-state index contributed by atoms with van der Waals surface area (Å²) in [6.07, 6.45) is 5.71. The highest BCUT2D eigenvalue weighted by atomic mass is 16.5. The molecule has 0 atom stereocenters. The zero-order valence-electron chi connectivity index (χ0n) is 17.8. The van der Waals surface area contributed by atoms with E-state index in [9.17, 15) is 4.79 Å². The molecule has 1 N–H and O–H groups in total. The number of pyridine rings is 2. The zero-order chi connectivity index (χ0) is 21.4. The Labute approximate surface area is 181 Å². The van der Waals surface area contributed by atoms with Gasteiger partial charge in [-0.05, 0) is 54.7 Å². The molecule has 31 heavy (non-hydrogen) atoms. The Kier molecular flexibility index (Phi) is 4.94. The Morgan fingerprint density at radius 2 is 1.81 bits per heavy atom. The molecule has 0 unspecified atom stereocenters. The quantitative estimate of drug-likeness (QED) is 0.518. The molecule has 5 rings (SSSR count). The number of nitrogens with zero attached hydrogens (tertiary/aromatic N) is 2. The summed E-state index contributed by atoms with van der Waals surface area (Å²) in [6.45, 7) is 2.79. The number of fused-ring (bicyclic) bond motifs is 2. The van der Waals surface area contributed by atoms with Crippen molar-refractivity contribution in [3.63, 3.8) is 0 Å². The average molecular weight is 412 g/mol. The lowest BCUT2D eigenvalue weighted by Gasteiger charge is -2.16. The average Bonchev–Trinajstić information content (AvgIpc) is 3.22. The van der Waals surface area contributed by atoms with Gasteiger partial charge in [0, 0.05) is 24.3 Å². The molecule has 0 fully saturated rings. The standard InChI is InChI=1S/C26H25N3O2/c1-3-29-16-24(17-8-10-22(31-2)11-9-17)25(30)23-14-21(15-27-26(23)29)28-20-12-18-6-4-5-7-19(18)13-20/h4-11,14-16,20,28H,3,12-13H2,1-2H3. The largest absolute Gasteiger partial charge is 0.497 e. The molecule has 2 heterocycles. The molecule has 0 aliphatic heterocycles. The fraction of sp³-hybridized carbons (Fsp3) is 0.231. The van der Waals surface area contributed by atoms with Gasteiger partial charge in [-0.1, -0.05) is 36.4 Å². The number of hydrogen-bond acceptors (Lipinski definition) is 4. The van der Waals surface area contributed by atoms with E-state index < -0.39 is 0 Å². The normalized spacial score (nSPS) is 13.4. The van der Waals surface area contributed by atoms with Gasteiger partial charge in [0.1, 0.15) is 11.4 Å². The third kappa shape index (κ3) is 3.56. The van der Waals surface area contributed by atoms with Crippen LogP contribution in [-0.4, -0.2) is 22.7 Å². The van der Waals surface area contributed by atoms with E-state index in [1.807, 2.05) is 47.3 Å². The summed E-state index contributed by atoms with van der Waals surface area (Å²) >= 11 is 0. The molecule has 4 aromatic rings. The molecule has 0 saturated heterocycles. The first-order valence-electron chi connectivity index (χ1n) is 10.7. The number of hydrogen-bond donors (Lipinski definition) is 1. The van der Waals surface area contributed by atoms with Gasteiger partial charge >= 0.3 is 0 Å². The first-order chi connectivity index (χ1) is 15.2. The fourth-order valence-electron chi connectivity index (χ4n) is 4.47. The number of aryl methyl sites for hydroxylation is 1. The molecule has 5 nitrogen and oxygen atoms in total. The van der Waals surface area contributed by atoms with Crippen LogP contribution in [-0.2, 0) is 19.4 Å². The van der Waals surface area contributed by atoms with Gasteiger partial charge in [0.15, 0.2) is 5.43 Å². The smallest absolute Gasteiger partial charge is 0.198 e. The van der Waals surface area contributed by atoms with Crippen LogP contribution >= 0.6 is 0 Å². The molecule has 0 spiro atoms. The van der Waals surface area contributed by atoms with Crippen LogP contribution in [0, 0.1) is 0 Å². The third-order valence-electron chi connectivity index (χ3n) is 6.08. The SMILES string of the molecule is CCn1cc(-c2ccc(OC)cc2)c(=O)c2cc(NC3Cc4ccccc4C3)cnc21. The van der Waals surface area contributed by atoms with Crippen LogP contribution < -0.4 is 15.5 Å². The van der Waals surface area contributed by atoms with Crippen LogP contribution in [0.25, 0.3) is 22.2 Å². The molecule has 156 valence electrons. The second kappa shape index (κ2) is 7.91. The monoisotopic (exact) mass is 411 g/mol. The van der Waals surface area contributed by atoms with Crippen LogP contribution in [0.3, 0.4) is 0 Å². The molecule has 1 aliphatic carbocycles. The summed E-state index contributed by atoms with van der Waals surface area (Å²) in [5, 5.41) is 4.23. The van der Waals surface area contributed by atoms with E-state index in [0.717, 1.165) is 36.4 Å². The van der Waals surface area contributed by atoms with Crippen molar-refractivity contribution >= 4 is 16.7 Å². The van der Waals surface area contributed by atoms with Crippen molar-refractivity contribution in [2.24, 2.45) is 0 Å². The van der Waals surface area contributed by atoms with Gasteiger partial charge < -0.3 is 14.6 Å². The highest BCUT2D eigenvalue weighted by Gasteiger charge is 2.21.